The van der Waals surface area contributed by atoms with Crippen LogP contribution in [0.2, 0.25) is 0 Å². The highest BCUT2D eigenvalue weighted by molar-refractivity contribution is 7.12. The second-order valence-electron chi connectivity index (χ2n) is 7.19. The average molecular weight is 435 g/mol. The summed E-state index contributed by atoms with van der Waals surface area (Å²) >= 11 is 1.37. The van der Waals surface area contributed by atoms with E-state index in [9.17, 15) is 9.59 Å². The molecule has 158 valence electrons. The second-order valence-corrected chi connectivity index (χ2v) is 8.03. The van der Waals surface area contributed by atoms with Crippen molar-refractivity contribution in [3.05, 3.63) is 81.1 Å². The molecule has 2 heterocycles. The van der Waals surface area contributed by atoms with Crippen molar-refractivity contribution in [2.45, 2.75) is 20.3 Å². The molecule has 0 atom stereocenters. The van der Waals surface area contributed by atoms with E-state index < -0.39 is 0 Å². The van der Waals surface area contributed by atoms with Gasteiger partial charge in [-0.05, 0) is 38.1 Å². The quantitative estimate of drug-likeness (QED) is 0.478. The number of anilines is 1. The van der Waals surface area contributed by atoms with Gasteiger partial charge in [-0.25, -0.2) is 4.98 Å². The van der Waals surface area contributed by atoms with Crippen LogP contribution in [-0.4, -0.2) is 27.8 Å². The first-order chi connectivity index (χ1) is 14.9. The maximum Gasteiger partial charge on any atom is 0.277 e. The summed E-state index contributed by atoms with van der Waals surface area (Å²) in [4.78, 5) is 30.0. The lowest BCUT2D eigenvalue weighted by molar-refractivity contribution is -0.115. The van der Waals surface area contributed by atoms with Crippen LogP contribution in [0.1, 0.15) is 16.8 Å². The number of rotatable bonds is 6. The van der Waals surface area contributed by atoms with Crippen LogP contribution < -0.4 is 15.6 Å². The van der Waals surface area contributed by atoms with Crippen molar-refractivity contribution in [3.8, 4) is 22.1 Å². The molecule has 0 aliphatic rings. The van der Waals surface area contributed by atoms with Crippen LogP contribution in [0.4, 0.5) is 5.69 Å². The van der Waals surface area contributed by atoms with Gasteiger partial charge in [0.15, 0.2) is 0 Å². The third-order valence-electron chi connectivity index (χ3n) is 4.94. The number of aryl methyl sites for hydroxylation is 2. The lowest BCUT2D eigenvalue weighted by Gasteiger charge is -2.05. The summed E-state index contributed by atoms with van der Waals surface area (Å²) in [6.07, 6.45) is -0.0314. The number of benzene rings is 2. The molecular weight excluding hydrogens is 412 g/mol. The molecule has 0 unspecified atom stereocenters. The number of carbonyl (C=O) groups excluding carboxylic acids is 1. The monoisotopic (exact) mass is 434 g/mol. The van der Waals surface area contributed by atoms with E-state index in [1.54, 1.807) is 38.3 Å². The van der Waals surface area contributed by atoms with Gasteiger partial charge in [0.05, 0.1) is 19.2 Å². The zero-order valence-electron chi connectivity index (χ0n) is 17.4. The maximum absolute atomic E-state index is 13.0. The average Bonchev–Trinajstić information content (AvgIpc) is 3.35. The van der Waals surface area contributed by atoms with E-state index in [4.69, 9.17) is 4.74 Å². The van der Waals surface area contributed by atoms with Gasteiger partial charge in [-0.1, -0.05) is 29.8 Å². The molecule has 0 radical (unpaired) electrons. The largest absolute Gasteiger partial charge is 0.497 e. The lowest BCUT2D eigenvalue weighted by Crippen LogP contribution is -2.22. The van der Waals surface area contributed by atoms with E-state index in [0.717, 1.165) is 11.3 Å². The predicted octanol–water partition coefficient (Wildman–Crippen LogP) is 4.10. The van der Waals surface area contributed by atoms with E-state index in [-0.39, 0.29) is 17.9 Å². The van der Waals surface area contributed by atoms with Gasteiger partial charge in [0.25, 0.3) is 5.56 Å². The van der Waals surface area contributed by atoms with Crippen LogP contribution >= 0.6 is 11.3 Å². The van der Waals surface area contributed by atoms with Crippen LogP contribution in [0.15, 0.2) is 58.7 Å². The summed E-state index contributed by atoms with van der Waals surface area (Å²) in [6, 6.07) is 15.1. The van der Waals surface area contributed by atoms with Gasteiger partial charge in [-0.15, -0.1) is 11.3 Å². The summed E-state index contributed by atoms with van der Waals surface area (Å²) in [7, 11) is 1.58. The molecule has 2 aromatic carbocycles. The minimum Gasteiger partial charge on any atom is -0.497 e. The van der Waals surface area contributed by atoms with Gasteiger partial charge in [-0.2, -0.15) is 4.68 Å². The van der Waals surface area contributed by atoms with Crippen LogP contribution in [0.25, 0.3) is 16.4 Å². The molecule has 0 saturated carbocycles. The van der Waals surface area contributed by atoms with Gasteiger partial charge in [-0.3, -0.25) is 14.7 Å². The molecule has 0 spiro atoms. The van der Waals surface area contributed by atoms with E-state index in [2.05, 4.69) is 15.4 Å². The van der Waals surface area contributed by atoms with Crippen molar-refractivity contribution in [3.63, 3.8) is 0 Å². The second kappa shape index (κ2) is 8.61. The highest BCUT2D eigenvalue weighted by Gasteiger charge is 2.18. The van der Waals surface area contributed by atoms with Crippen molar-refractivity contribution in [1.82, 2.24) is 14.8 Å². The zero-order valence-corrected chi connectivity index (χ0v) is 18.2. The highest BCUT2D eigenvalue weighted by atomic mass is 32.1. The molecule has 0 aliphatic heterocycles. The Hall–Kier alpha value is -3.65. The molecule has 2 aromatic heterocycles. The van der Waals surface area contributed by atoms with E-state index in [1.165, 1.54) is 21.6 Å². The van der Waals surface area contributed by atoms with Crippen LogP contribution in [0.3, 0.4) is 0 Å². The summed E-state index contributed by atoms with van der Waals surface area (Å²) in [6.45, 7) is 3.81. The van der Waals surface area contributed by atoms with Gasteiger partial charge >= 0.3 is 0 Å². The molecule has 1 amide bonds. The fraction of sp³-hybridized carbons (Fsp3) is 0.174. The minimum absolute atomic E-state index is 0.0314. The maximum atomic E-state index is 13.0. The first kappa shape index (κ1) is 20.6. The number of hydrogen-bond acceptors (Lipinski definition) is 5. The van der Waals surface area contributed by atoms with Gasteiger partial charge in [0.1, 0.15) is 5.75 Å². The van der Waals surface area contributed by atoms with Crippen molar-refractivity contribution in [2.75, 3.05) is 12.4 Å². The molecule has 2 N–H and O–H groups in total. The number of amides is 1. The predicted molar refractivity (Wildman–Crippen MR) is 122 cm³/mol. The third-order valence-corrected chi connectivity index (χ3v) is 5.76. The smallest absolute Gasteiger partial charge is 0.277 e. The van der Waals surface area contributed by atoms with Crippen LogP contribution in [0.5, 0.6) is 5.75 Å². The zero-order chi connectivity index (χ0) is 22.0. The van der Waals surface area contributed by atoms with Gasteiger partial charge in [0, 0.05) is 27.9 Å². The Morgan fingerprint density at radius 1 is 1.13 bits per heavy atom. The van der Waals surface area contributed by atoms with E-state index in [1.807, 2.05) is 36.6 Å². The summed E-state index contributed by atoms with van der Waals surface area (Å²) < 4.78 is 6.51. The normalized spacial score (nSPS) is 10.8. The Morgan fingerprint density at radius 3 is 2.52 bits per heavy atom. The van der Waals surface area contributed by atoms with Crippen LogP contribution in [0, 0.1) is 13.8 Å². The van der Waals surface area contributed by atoms with Crippen LogP contribution in [-0.2, 0) is 11.2 Å². The third kappa shape index (κ3) is 4.44. The Labute approximate surface area is 183 Å². The molecule has 31 heavy (non-hydrogen) atoms. The summed E-state index contributed by atoms with van der Waals surface area (Å²) in [5, 5.41) is 8.30. The minimum atomic E-state index is -0.271. The van der Waals surface area contributed by atoms with Crippen molar-refractivity contribution >= 4 is 22.9 Å². The highest BCUT2D eigenvalue weighted by Crippen LogP contribution is 2.24. The fourth-order valence-electron chi connectivity index (χ4n) is 3.19. The number of aromatic nitrogens is 3. The molecular formula is C23H22N4O3S. The van der Waals surface area contributed by atoms with E-state index in [0.29, 0.717) is 27.8 Å². The number of H-pyrrole nitrogens is 1. The molecule has 0 bridgehead atoms. The SMILES string of the molecule is COc1ccc(NC(=O)Cc2c(C)[nH]n(-c3nc(-c4ccc(C)cc4)cs3)c2=O)cc1. The molecule has 4 rings (SSSR count). The topological polar surface area (TPSA) is 89.0 Å². The number of nitrogens with one attached hydrogen (secondary N) is 2. The first-order valence-corrected chi connectivity index (χ1v) is 10.6. The number of methoxy groups -OCH3 is 1. The van der Waals surface area contributed by atoms with Gasteiger partial charge in [0.2, 0.25) is 11.0 Å². The number of aromatic amines is 1. The molecule has 0 fully saturated rings. The van der Waals surface area contributed by atoms with Crippen molar-refractivity contribution in [1.29, 1.82) is 0 Å². The van der Waals surface area contributed by atoms with E-state index >= 15 is 0 Å². The molecule has 0 aliphatic carbocycles. The Balaban J connectivity index is 1.53. The van der Waals surface area contributed by atoms with Gasteiger partial charge < -0.3 is 10.1 Å². The fourth-order valence-corrected chi connectivity index (χ4v) is 3.98. The first-order valence-electron chi connectivity index (χ1n) is 9.72. The molecule has 8 heteroatoms. The summed E-state index contributed by atoms with van der Waals surface area (Å²) in [5.74, 6) is 0.437. The van der Waals surface area contributed by atoms with Crippen molar-refractivity contribution in [2.24, 2.45) is 0 Å². The lowest BCUT2D eigenvalue weighted by atomic mass is 10.1. The standard InChI is InChI=1S/C23H22N4O3S/c1-14-4-6-16(7-5-14)20-13-31-23(25-20)27-22(29)19(15(2)26-27)12-21(28)24-17-8-10-18(30-3)11-9-17/h4-11,13,26H,12H2,1-3H3,(H,24,28). The molecule has 7 nitrogen and oxygen atoms in total. The van der Waals surface area contributed by atoms with Crippen molar-refractivity contribution < 1.29 is 9.53 Å². The number of hydrogen-bond donors (Lipinski definition) is 2. The molecule has 0 saturated heterocycles. The Kier molecular flexibility index (Phi) is 5.73. The number of ether oxygens (including phenoxy) is 1. The Morgan fingerprint density at radius 2 is 1.84 bits per heavy atom. The Bertz CT molecular complexity index is 1270. The number of carbonyl (C=O) groups is 1. The molecule has 4 aromatic rings. The number of nitrogens with zero attached hydrogens (tertiary/aromatic N) is 2. The summed E-state index contributed by atoms with van der Waals surface area (Å²) in [5.41, 5.74) is 4.39. The number of thiazole rings is 1.